The Labute approximate surface area is 168 Å². The Balaban J connectivity index is 1.85. The van der Waals surface area contributed by atoms with Crippen molar-refractivity contribution >= 4 is 56.7 Å². The molecule has 1 aliphatic heterocycles. The number of hydrogen-bond donors (Lipinski definition) is 0. The normalized spacial score (nSPS) is 15.5. The number of ether oxygens (including phenoxy) is 3. The fraction of sp³-hybridized carbons (Fsp3) is 0.235. The third-order valence-corrected chi connectivity index (χ3v) is 5.17. The molecule has 0 unspecified atom stereocenters. The van der Waals surface area contributed by atoms with Gasteiger partial charge in [-0.05, 0) is 34.1 Å². The molecule has 25 heavy (non-hydrogen) atoms. The van der Waals surface area contributed by atoms with Crippen LogP contribution in [0.15, 0.2) is 28.7 Å². The molecule has 0 spiro atoms. The molecule has 0 saturated carbocycles. The van der Waals surface area contributed by atoms with Crippen LogP contribution < -0.4 is 9.47 Å². The highest BCUT2D eigenvalue weighted by Crippen LogP contribution is 2.48. The Hall–Kier alpha value is -1.14. The molecule has 0 radical (unpaired) electrons. The van der Waals surface area contributed by atoms with Crippen LogP contribution in [0, 0.1) is 0 Å². The smallest absolute Gasteiger partial charge is 0.303 e. The van der Waals surface area contributed by atoms with Crippen LogP contribution in [-0.2, 0) is 16.1 Å². The summed E-state index contributed by atoms with van der Waals surface area (Å²) in [4.78, 5) is 11.2. The highest BCUT2D eigenvalue weighted by Gasteiger charge is 2.31. The Bertz CT molecular complexity index is 841. The largest absolute Gasteiger partial charge is 0.488 e. The number of fused-ring (bicyclic) bond motifs is 1. The van der Waals surface area contributed by atoms with Crippen LogP contribution in [0.1, 0.15) is 24.2 Å². The maximum atomic E-state index is 11.2. The van der Waals surface area contributed by atoms with Crippen LogP contribution in [0.25, 0.3) is 0 Å². The molecule has 1 heterocycles. The topological polar surface area (TPSA) is 44.8 Å². The van der Waals surface area contributed by atoms with E-state index in [0.29, 0.717) is 36.6 Å². The first-order valence-corrected chi connectivity index (χ1v) is 9.18. The summed E-state index contributed by atoms with van der Waals surface area (Å²) in [6.07, 6.45) is -0.485. The minimum atomic E-state index is -0.485. The van der Waals surface area contributed by atoms with E-state index in [4.69, 9.17) is 49.0 Å². The fourth-order valence-electron chi connectivity index (χ4n) is 2.46. The van der Waals surface area contributed by atoms with Gasteiger partial charge in [0.15, 0.2) is 11.9 Å². The molecule has 1 atom stereocenters. The predicted octanol–water partition coefficient (Wildman–Crippen LogP) is 5.98. The molecule has 0 saturated heterocycles. The van der Waals surface area contributed by atoms with E-state index in [0.717, 1.165) is 5.56 Å². The van der Waals surface area contributed by atoms with Crippen molar-refractivity contribution in [2.75, 3.05) is 6.61 Å². The standard InChI is InChI=1S/C17H12BrCl3O4/c1-8(22)25-14-7-24-16-11(14)5-13(21)17(15(16)18)23-6-9-2-3-10(19)4-12(9)20/h2-5,14H,6-7H2,1H3/t14-/m1/s1. The van der Waals surface area contributed by atoms with Crippen molar-refractivity contribution in [3.63, 3.8) is 0 Å². The SMILES string of the molecule is CC(=O)O[C@@H]1COc2c1cc(Cl)c(OCc1ccc(Cl)cc1Cl)c2Br. The Morgan fingerprint density at radius 1 is 1.28 bits per heavy atom. The van der Waals surface area contributed by atoms with E-state index >= 15 is 0 Å². The van der Waals surface area contributed by atoms with Crippen molar-refractivity contribution in [2.45, 2.75) is 19.6 Å². The first kappa shape index (κ1) is 18.6. The minimum absolute atomic E-state index is 0.209. The maximum absolute atomic E-state index is 11.2. The number of esters is 1. The molecule has 1 aliphatic rings. The summed E-state index contributed by atoms with van der Waals surface area (Å²) >= 11 is 21.8. The number of rotatable bonds is 4. The maximum Gasteiger partial charge on any atom is 0.303 e. The zero-order chi connectivity index (χ0) is 18.1. The molecule has 3 rings (SSSR count). The van der Waals surface area contributed by atoms with Gasteiger partial charge in [-0.1, -0.05) is 40.9 Å². The van der Waals surface area contributed by atoms with Crippen molar-refractivity contribution in [3.05, 3.63) is 54.9 Å². The van der Waals surface area contributed by atoms with E-state index in [1.165, 1.54) is 6.92 Å². The predicted molar refractivity (Wildman–Crippen MR) is 99.9 cm³/mol. The Morgan fingerprint density at radius 3 is 2.72 bits per heavy atom. The molecule has 8 heteroatoms. The van der Waals surface area contributed by atoms with Crippen molar-refractivity contribution < 1.29 is 19.0 Å². The molecule has 0 amide bonds. The van der Waals surface area contributed by atoms with Crippen LogP contribution >= 0.6 is 50.7 Å². The second-order valence-electron chi connectivity index (χ2n) is 5.35. The zero-order valence-electron chi connectivity index (χ0n) is 12.9. The monoisotopic (exact) mass is 464 g/mol. The summed E-state index contributed by atoms with van der Waals surface area (Å²) < 4.78 is 17.2. The third kappa shape index (κ3) is 4.00. The fourth-order valence-corrected chi connectivity index (χ4v) is 3.97. The Kier molecular flexibility index (Phi) is 5.68. The van der Waals surface area contributed by atoms with Gasteiger partial charge in [0.2, 0.25) is 0 Å². The molecule has 0 aromatic heterocycles. The van der Waals surface area contributed by atoms with E-state index in [-0.39, 0.29) is 19.2 Å². The lowest BCUT2D eigenvalue weighted by atomic mass is 10.1. The number of carbonyl (C=O) groups excluding carboxylic acids is 1. The molecular weight excluding hydrogens is 454 g/mol. The molecule has 2 aromatic carbocycles. The van der Waals surface area contributed by atoms with E-state index in [1.54, 1.807) is 24.3 Å². The molecule has 4 nitrogen and oxygen atoms in total. The molecule has 0 fully saturated rings. The lowest BCUT2D eigenvalue weighted by Gasteiger charge is -2.14. The molecule has 0 aliphatic carbocycles. The average molecular weight is 467 g/mol. The van der Waals surface area contributed by atoms with E-state index in [9.17, 15) is 4.79 Å². The van der Waals surface area contributed by atoms with Crippen LogP contribution in [-0.4, -0.2) is 12.6 Å². The summed E-state index contributed by atoms with van der Waals surface area (Å²) in [6.45, 7) is 1.79. The minimum Gasteiger partial charge on any atom is -0.488 e. The van der Waals surface area contributed by atoms with Gasteiger partial charge in [0.25, 0.3) is 0 Å². The summed E-state index contributed by atoms with van der Waals surface area (Å²) in [5.41, 5.74) is 1.47. The molecule has 0 N–H and O–H groups in total. The molecular formula is C17H12BrCl3O4. The summed E-state index contributed by atoms with van der Waals surface area (Å²) in [6, 6.07) is 6.85. The second kappa shape index (κ2) is 7.62. The molecule has 2 aromatic rings. The van der Waals surface area contributed by atoms with Gasteiger partial charge in [0, 0.05) is 28.1 Å². The highest BCUT2D eigenvalue weighted by molar-refractivity contribution is 9.10. The van der Waals surface area contributed by atoms with Gasteiger partial charge < -0.3 is 14.2 Å². The van der Waals surface area contributed by atoms with Gasteiger partial charge >= 0.3 is 5.97 Å². The summed E-state index contributed by atoms with van der Waals surface area (Å²) in [5, 5.41) is 1.43. The van der Waals surface area contributed by atoms with Crippen LogP contribution in [0.2, 0.25) is 15.1 Å². The number of hydrogen-bond acceptors (Lipinski definition) is 4. The van der Waals surface area contributed by atoms with Gasteiger partial charge in [-0.25, -0.2) is 0 Å². The second-order valence-corrected chi connectivity index (χ2v) is 7.40. The van der Waals surface area contributed by atoms with Crippen LogP contribution in [0.4, 0.5) is 0 Å². The van der Waals surface area contributed by atoms with Crippen molar-refractivity contribution in [1.29, 1.82) is 0 Å². The van der Waals surface area contributed by atoms with Crippen LogP contribution in [0.3, 0.4) is 0 Å². The van der Waals surface area contributed by atoms with Gasteiger partial charge in [0.05, 0.1) is 5.02 Å². The van der Waals surface area contributed by atoms with Crippen molar-refractivity contribution in [2.24, 2.45) is 0 Å². The van der Waals surface area contributed by atoms with Crippen molar-refractivity contribution in [3.8, 4) is 11.5 Å². The van der Waals surface area contributed by atoms with Crippen molar-refractivity contribution in [1.82, 2.24) is 0 Å². The van der Waals surface area contributed by atoms with E-state index < -0.39 is 6.10 Å². The number of benzene rings is 2. The van der Waals surface area contributed by atoms with E-state index in [1.807, 2.05) is 0 Å². The average Bonchev–Trinajstić information content (AvgIpc) is 2.91. The molecule has 132 valence electrons. The molecule has 0 bridgehead atoms. The number of halogens is 4. The lowest BCUT2D eigenvalue weighted by Crippen LogP contribution is -2.09. The first-order valence-electron chi connectivity index (χ1n) is 7.25. The van der Waals surface area contributed by atoms with E-state index in [2.05, 4.69) is 15.9 Å². The van der Waals surface area contributed by atoms with Gasteiger partial charge in [0.1, 0.15) is 23.4 Å². The zero-order valence-corrected chi connectivity index (χ0v) is 16.8. The lowest BCUT2D eigenvalue weighted by molar-refractivity contribution is -0.147. The van der Waals surface area contributed by atoms with Crippen LogP contribution in [0.5, 0.6) is 11.5 Å². The van der Waals surface area contributed by atoms with Gasteiger partial charge in [-0.3, -0.25) is 4.79 Å². The quantitative estimate of drug-likeness (QED) is 0.520. The van der Waals surface area contributed by atoms with Gasteiger partial charge in [-0.15, -0.1) is 0 Å². The number of carbonyl (C=O) groups is 1. The summed E-state index contributed by atoms with van der Waals surface area (Å²) in [5.74, 6) is 0.592. The highest BCUT2D eigenvalue weighted by atomic mass is 79.9. The Morgan fingerprint density at radius 2 is 2.04 bits per heavy atom. The first-order chi connectivity index (χ1) is 11.9. The summed E-state index contributed by atoms with van der Waals surface area (Å²) in [7, 11) is 0. The van der Waals surface area contributed by atoms with Gasteiger partial charge in [-0.2, -0.15) is 0 Å². The third-order valence-electron chi connectivity index (χ3n) is 3.58.